The topological polar surface area (TPSA) is 174 Å². The summed E-state index contributed by atoms with van der Waals surface area (Å²) in [6.45, 7) is 5.86. The number of nitrogens with one attached hydrogen (secondary N) is 4. The lowest BCUT2D eigenvalue weighted by Gasteiger charge is -2.31. The molecule has 5 amide bonds. The largest absolute Gasteiger partial charge is 0.485 e. The van der Waals surface area contributed by atoms with Gasteiger partial charge >= 0.3 is 6.09 Å². The summed E-state index contributed by atoms with van der Waals surface area (Å²) in [6, 6.07) is 31.8. The Labute approximate surface area is 344 Å². The van der Waals surface area contributed by atoms with Crippen LogP contribution in [-0.4, -0.2) is 72.1 Å². The number of piperidine rings is 1. The zero-order valence-electron chi connectivity index (χ0n) is 33.7. The van der Waals surface area contributed by atoms with Gasteiger partial charge in [-0.25, -0.2) is 9.86 Å². The van der Waals surface area contributed by atoms with E-state index in [2.05, 4.69) is 21.3 Å². The summed E-state index contributed by atoms with van der Waals surface area (Å²) in [5.74, 6) is -1.32. The molecule has 1 fully saturated rings. The van der Waals surface area contributed by atoms with E-state index in [-0.39, 0.29) is 56.4 Å². The molecular formula is C45H53N5O9. The molecule has 0 aromatic heterocycles. The van der Waals surface area contributed by atoms with Crippen LogP contribution in [-0.2, 0) is 43.8 Å². The van der Waals surface area contributed by atoms with E-state index in [0.29, 0.717) is 25.1 Å². The Bertz CT molecular complexity index is 1990. The number of alkyl carbamates (subject to hydrolysis) is 1. The first-order valence-corrected chi connectivity index (χ1v) is 19.7. The van der Waals surface area contributed by atoms with Crippen molar-refractivity contribution in [3.05, 3.63) is 131 Å². The fourth-order valence-corrected chi connectivity index (χ4v) is 6.12. The Kier molecular flexibility index (Phi) is 16.2. The molecule has 312 valence electrons. The van der Waals surface area contributed by atoms with E-state index >= 15 is 0 Å². The third-order valence-electron chi connectivity index (χ3n) is 9.04. The molecule has 1 aliphatic rings. The average Bonchev–Trinajstić information content (AvgIpc) is 3.23. The van der Waals surface area contributed by atoms with Gasteiger partial charge in [-0.1, -0.05) is 97.1 Å². The van der Waals surface area contributed by atoms with Gasteiger partial charge in [0.15, 0.2) is 11.5 Å². The third-order valence-corrected chi connectivity index (χ3v) is 9.04. The molecule has 4 aromatic carbocycles. The van der Waals surface area contributed by atoms with Crippen molar-refractivity contribution in [3.63, 3.8) is 0 Å². The number of ether oxygens (including phenoxy) is 3. The molecule has 14 nitrogen and oxygen atoms in total. The van der Waals surface area contributed by atoms with Crippen LogP contribution in [0, 0.1) is 0 Å². The maximum Gasteiger partial charge on any atom is 0.408 e. The van der Waals surface area contributed by atoms with Gasteiger partial charge in [0.1, 0.15) is 37.5 Å². The summed E-state index contributed by atoms with van der Waals surface area (Å²) < 4.78 is 17.7. The van der Waals surface area contributed by atoms with Gasteiger partial charge in [0.25, 0.3) is 11.8 Å². The first-order valence-electron chi connectivity index (χ1n) is 19.7. The van der Waals surface area contributed by atoms with Gasteiger partial charge in [0.05, 0.1) is 12.1 Å². The Morgan fingerprint density at radius 3 is 2.00 bits per heavy atom. The van der Waals surface area contributed by atoms with E-state index in [0.717, 1.165) is 16.7 Å². The van der Waals surface area contributed by atoms with E-state index in [1.54, 1.807) is 39.0 Å². The van der Waals surface area contributed by atoms with Gasteiger partial charge in [0.2, 0.25) is 11.8 Å². The molecule has 5 rings (SSSR count). The minimum absolute atomic E-state index is 0.0966. The van der Waals surface area contributed by atoms with Crippen molar-refractivity contribution in [2.24, 2.45) is 0 Å². The van der Waals surface area contributed by atoms with Crippen molar-refractivity contribution in [2.45, 2.75) is 84.0 Å². The van der Waals surface area contributed by atoms with Gasteiger partial charge in [0, 0.05) is 13.1 Å². The molecular weight excluding hydrogens is 755 g/mol. The molecule has 0 unspecified atom stereocenters. The van der Waals surface area contributed by atoms with Crippen LogP contribution in [0.4, 0.5) is 4.79 Å². The monoisotopic (exact) mass is 807 g/mol. The van der Waals surface area contributed by atoms with Crippen LogP contribution in [0.25, 0.3) is 0 Å². The van der Waals surface area contributed by atoms with Crippen LogP contribution < -0.4 is 30.7 Å². The Hall–Kier alpha value is -6.41. The van der Waals surface area contributed by atoms with Gasteiger partial charge in [-0.05, 0) is 75.3 Å². The number of nitrogens with zero attached hydrogens (tertiary/aromatic N) is 1. The average molecular weight is 808 g/mol. The van der Waals surface area contributed by atoms with Crippen molar-refractivity contribution in [3.8, 4) is 11.5 Å². The Morgan fingerprint density at radius 2 is 1.37 bits per heavy atom. The van der Waals surface area contributed by atoms with E-state index < -0.39 is 48.0 Å². The molecule has 14 heteroatoms. The van der Waals surface area contributed by atoms with Crippen molar-refractivity contribution in [1.82, 2.24) is 26.3 Å². The quantitative estimate of drug-likeness (QED) is 0.0880. The summed E-state index contributed by atoms with van der Waals surface area (Å²) in [5, 5.41) is 12.0. The molecule has 0 aliphatic carbocycles. The second-order valence-corrected chi connectivity index (χ2v) is 15.0. The summed E-state index contributed by atoms with van der Waals surface area (Å²) in [4.78, 5) is 71.4. The normalized spacial score (nSPS) is 14.4. The van der Waals surface area contributed by atoms with Gasteiger partial charge < -0.3 is 35.5 Å². The first kappa shape index (κ1) is 43.7. The molecule has 0 spiro atoms. The minimum atomic E-state index is -1.10. The van der Waals surface area contributed by atoms with Crippen LogP contribution in [0.5, 0.6) is 11.5 Å². The van der Waals surface area contributed by atoms with E-state index in [1.165, 1.54) is 5.06 Å². The number of hydroxylamine groups is 2. The van der Waals surface area contributed by atoms with Crippen molar-refractivity contribution >= 4 is 29.7 Å². The van der Waals surface area contributed by atoms with Gasteiger partial charge in [-0.3, -0.25) is 24.0 Å². The van der Waals surface area contributed by atoms with Crippen LogP contribution >= 0.6 is 0 Å². The number of hydrogen-bond donors (Lipinski definition) is 4. The lowest BCUT2D eigenvalue weighted by Crippen LogP contribution is -2.55. The van der Waals surface area contributed by atoms with E-state index in [4.69, 9.17) is 19.0 Å². The van der Waals surface area contributed by atoms with Crippen LogP contribution in [0.1, 0.15) is 73.5 Å². The van der Waals surface area contributed by atoms with Gasteiger partial charge in [-0.2, -0.15) is 0 Å². The van der Waals surface area contributed by atoms with E-state index in [1.807, 2.05) is 91.0 Å². The number of hydrogen-bond acceptors (Lipinski definition) is 9. The summed E-state index contributed by atoms with van der Waals surface area (Å²) in [5.41, 5.74) is 2.20. The number of para-hydroxylation sites is 1. The van der Waals surface area contributed by atoms with Crippen LogP contribution in [0.2, 0.25) is 0 Å². The number of benzene rings is 4. The summed E-state index contributed by atoms with van der Waals surface area (Å²) >= 11 is 0. The number of amides is 5. The second kappa shape index (κ2) is 21.9. The Balaban J connectivity index is 1.16. The fourth-order valence-electron chi connectivity index (χ4n) is 6.12. The number of rotatable bonds is 19. The predicted octanol–water partition coefficient (Wildman–Crippen LogP) is 5.60. The predicted molar refractivity (Wildman–Crippen MR) is 220 cm³/mol. The number of carbonyl (C=O) groups is 5. The molecule has 0 radical (unpaired) electrons. The smallest absolute Gasteiger partial charge is 0.408 e. The maximum absolute atomic E-state index is 13.6. The molecule has 1 saturated heterocycles. The third kappa shape index (κ3) is 14.5. The lowest BCUT2D eigenvalue weighted by atomic mass is 10.1. The zero-order valence-corrected chi connectivity index (χ0v) is 33.7. The highest BCUT2D eigenvalue weighted by Crippen LogP contribution is 2.33. The standard InChI is InChI=1S/C45H53N5O9/c1-45(2,3)59-44(55)49-36(42(53)47-28-39(51)48-37-24-15-27-50(43(37)54)58-31-34-20-11-6-12-21-34)23-14-26-46-41(52)35-22-13-25-38(56-29-32-16-7-4-8-17-32)40(35)57-30-33-18-9-5-10-19-33/h4-13,16-22,25,36-37H,14-15,23-24,26-31H2,1-3H3,(H,46,52)(H,47,53)(H,48,51)(H,49,55)/t36-,37+/m1/s1. The molecule has 1 aliphatic heterocycles. The van der Waals surface area contributed by atoms with E-state index in [9.17, 15) is 24.0 Å². The fraction of sp³-hybridized carbons (Fsp3) is 0.356. The molecule has 0 saturated carbocycles. The Morgan fingerprint density at radius 1 is 0.763 bits per heavy atom. The molecule has 1 heterocycles. The highest BCUT2D eigenvalue weighted by Gasteiger charge is 2.31. The summed E-state index contributed by atoms with van der Waals surface area (Å²) in [6.07, 6.45) is 0.586. The van der Waals surface area contributed by atoms with Crippen molar-refractivity contribution < 1.29 is 43.0 Å². The maximum atomic E-state index is 13.6. The minimum Gasteiger partial charge on any atom is -0.485 e. The van der Waals surface area contributed by atoms with Crippen molar-refractivity contribution in [1.29, 1.82) is 0 Å². The van der Waals surface area contributed by atoms with Gasteiger partial charge in [-0.15, -0.1) is 0 Å². The zero-order chi connectivity index (χ0) is 42.0. The molecule has 59 heavy (non-hydrogen) atoms. The highest BCUT2D eigenvalue weighted by molar-refractivity contribution is 5.98. The molecule has 4 N–H and O–H groups in total. The highest BCUT2D eigenvalue weighted by atomic mass is 16.7. The van der Waals surface area contributed by atoms with Crippen molar-refractivity contribution in [2.75, 3.05) is 19.6 Å². The number of carbonyl (C=O) groups excluding carboxylic acids is 5. The van der Waals surface area contributed by atoms with Crippen LogP contribution in [0.3, 0.4) is 0 Å². The SMILES string of the molecule is CC(C)(C)OC(=O)N[C@H](CCCNC(=O)c1cccc(OCc2ccccc2)c1OCc1ccccc1)C(=O)NCC(=O)N[C@H]1CCCN(OCc2ccccc2)C1=O. The van der Waals surface area contributed by atoms with Crippen LogP contribution in [0.15, 0.2) is 109 Å². The first-order chi connectivity index (χ1) is 28.4. The molecule has 2 atom stereocenters. The molecule has 0 bridgehead atoms. The molecule has 4 aromatic rings. The lowest BCUT2D eigenvalue weighted by molar-refractivity contribution is -0.199. The second-order valence-electron chi connectivity index (χ2n) is 15.0. The summed E-state index contributed by atoms with van der Waals surface area (Å²) in [7, 11) is 0.